The normalized spacial score (nSPS) is 12.0. The Morgan fingerprint density at radius 1 is 1.00 bits per heavy atom. The molecule has 4 nitrogen and oxygen atoms in total. The van der Waals surface area contributed by atoms with Gasteiger partial charge in [-0.25, -0.2) is 9.18 Å². The van der Waals surface area contributed by atoms with Crippen LogP contribution in [0.1, 0.15) is 34.5 Å². The molecule has 4 aromatic carbocycles. The monoisotopic (exact) mass is 443 g/mol. The number of halogens is 1. The first kappa shape index (κ1) is 22.5. The van der Waals surface area contributed by atoms with E-state index in [1.807, 2.05) is 12.1 Å². The van der Waals surface area contributed by atoms with E-state index in [0.717, 1.165) is 0 Å². The molecule has 1 atom stereocenters. The highest BCUT2D eigenvalue weighted by molar-refractivity contribution is 5.91. The molecule has 2 N–H and O–H groups in total. The van der Waals surface area contributed by atoms with Gasteiger partial charge in [0, 0.05) is 18.7 Å². The van der Waals surface area contributed by atoms with Gasteiger partial charge in [0.1, 0.15) is 18.2 Å². The van der Waals surface area contributed by atoms with Crippen LogP contribution in [0.4, 0.5) is 4.39 Å². The highest BCUT2D eigenvalue weighted by Gasteiger charge is 2.12. The lowest BCUT2D eigenvalue weighted by molar-refractivity contribution is 0.0696. The zero-order valence-electron chi connectivity index (χ0n) is 18.6. The molecule has 0 heterocycles. The van der Waals surface area contributed by atoms with Crippen LogP contribution in [0.5, 0.6) is 5.75 Å². The van der Waals surface area contributed by atoms with Crippen molar-refractivity contribution in [2.45, 2.75) is 19.9 Å². The Morgan fingerprint density at radius 2 is 1.79 bits per heavy atom. The van der Waals surface area contributed by atoms with E-state index in [1.54, 1.807) is 31.2 Å². The minimum Gasteiger partial charge on any atom is -0.492 e. The van der Waals surface area contributed by atoms with Crippen LogP contribution in [-0.4, -0.2) is 24.2 Å². The summed E-state index contributed by atoms with van der Waals surface area (Å²) in [5, 5.41) is 15.3. The molecular weight excluding hydrogens is 417 g/mol. The molecule has 0 bridgehead atoms. The number of aromatic carboxylic acids is 1. The summed E-state index contributed by atoms with van der Waals surface area (Å²) in [5.74, 6) is -1.03. The Balaban J connectivity index is 1.42. The molecule has 0 aliphatic heterocycles. The Hall–Kier alpha value is -3.70. The molecule has 0 spiro atoms. The van der Waals surface area contributed by atoms with Gasteiger partial charge in [0.15, 0.2) is 0 Å². The fraction of sp³-hybridized carbons (Fsp3) is 0.179. The zero-order chi connectivity index (χ0) is 23.4. The van der Waals surface area contributed by atoms with Crippen molar-refractivity contribution in [3.05, 3.63) is 101 Å². The van der Waals surface area contributed by atoms with Crippen LogP contribution in [0.2, 0.25) is 0 Å². The number of ether oxygens (including phenoxy) is 1. The van der Waals surface area contributed by atoms with Gasteiger partial charge in [0.25, 0.3) is 0 Å². The minimum atomic E-state index is -1.01. The second kappa shape index (κ2) is 9.84. The number of benzene rings is 4. The van der Waals surface area contributed by atoms with Crippen molar-refractivity contribution in [3.8, 4) is 16.9 Å². The van der Waals surface area contributed by atoms with Gasteiger partial charge in [-0.3, -0.25) is 0 Å². The average molecular weight is 444 g/mol. The molecule has 33 heavy (non-hydrogen) atoms. The summed E-state index contributed by atoms with van der Waals surface area (Å²) >= 11 is 0. The predicted molar refractivity (Wildman–Crippen MR) is 129 cm³/mol. The van der Waals surface area contributed by atoms with Gasteiger partial charge in [-0.1, -0.05) is 54.6 Å². The predicted octanol–water partition coefficient (Wildman–Crippen LogP) is 6.38. The topological polar surface area (TPSA) is 58.6 Å². The Kier molecular flexibility index (Phi) is 6.71. The average Bonchev–Trinajstić information content (AvgIpc) is 2.81. The van der Waals surface area contributed by atoms with Crippen molar-refractivity contribution in [1.29, 1.82) is 0 Å². The van der Waals surface area contributed by atoms with E-state index < -0.39 is 11.8 Å². The lowest BCUT2D eigenvalue weighted by atomic mass is 9.99. The number of carboxylic acid groups (broad SMARTS) is 1. The molecular formula is C28H26FNO3. The first-order valence-electron chi connectivity index (χ1n) is 10.9. The number of hydrogen-bond donors (Lipinski definition) is 2. The second-order valence-corrected chi connectivity index (χ2v) is 8.10. The molecule has 0 aliphatic rings. The molecule has 0 amide bonds. The summed E-state index contributed by atoms with van der Waals surface area (Å²) < 4.78 is 20.1. The van der Waals surface area contributed by atoms with Crippen LogP contribution >= 0.6 is 0 Å². The molecule has 0 saturated heterocycles. The summed E-state index contributed by atoms with van der Waals surface area (Å²) in [7, 11) is 0. The molecule has 0 radical (unpaired) electrons. The molecule has 0 saturated carbocycles. The van der Waals surface area contributed by atoms with Crippen molar-refractivity contribution in [2.24, 2.45) is 0 Å². The maximum Gasteiger partial charge on any atom is 0.335 e. The van der Waals surface area contributed by atoms with Gasteiger partial charge in [-0.15, -0.1) is 0 Å². The van der Waals surface area contributed by atoms with Crippen LogP contribution in [0.3, 0.4) is 0 Å². The van der Waals surface area contributed by atoms with E-state index in [4.69, 9.17) is 4.74 Å². The van der Waals surface area contributed by atoms with E-state index in [9.17, 15) is 14.3 Å². The minimum absolute atomic E-state index is 0.129. The first-order valence-corrected chi connectivity index (χ1v) is 10.9. The molecule has 4 aromatic rings. The van der Waals surface area contributed by atoms with Gasteiger partial charge >= 0.3 is 5.97 Å². The first-order chi connectivity index (χ1) is 15.9. The smallest absolute Gasteiger partial charge is 0.335 e. The largest absolute Gasteiger partial charge is 0.492 e. The van der Waals surface area contributed by atoms with Crippen molar-refractivity contribution in [1.82, 2.24) is 5.32 Å². The molecule has 5 heteroatoms. The maximum absolute atomic E-state index is 14.2. The van der Waals surface area contributed by atoms with E-state index >= 15 is 0 Å². The van der Waals surface area contributed by atoms with E-state index in [1.165, 1.54) is 28.5 Å². The molecule has 0 aliphatic carbocycles. The molecule has 168 valence electrons. The lowest BCUT2D eigenvalue weighted by Gasteiger charge is -2.17. The number of rotatable bonds is 8. The summed E-state index contributed by atoms with van der Waals surface area (Å²) in [6, 6.07) is 24.2. The second-order valence-electron chi connectivity index (χ2n) is 8.10. The van der Waals surface area contributed by atoms with Crippen molar-refractivity contribution < 1.29 is 19.0 Å². The third kappa shape index (κ3) is 5.21. The van der Waals surface area contributed by atoms with Crippen LogP contribution < -0.4 is 10.1 Å². The van der Waals surface area contributed by atoms with Crippen molar-refractivity contribution >= 4 is 16.7 Å². The SMILES string of the molecule is Cc1ccc(-c2cc(F)cc(OCCNC(C)c3cccc4ccccc34)c2)cc1C(=O)O. The number of aryl methyl sites for hydroxylation is 1. The summed E-state index contributed by atoms with van der Waals surface area (Å²) in [4.78, 5) is 11.4. The molecule has 0 aromatic heterocycles. The highest BCUT2D eigenvalue weighted by atomic mass is 19.1. The van der Waals surface area contributed by atoms with Crippen LogP contribution in [0, 0.1) is 12.7 Å². The number of hydrogen-bond acceptors (Lipinski definition) is 3. The zero-order valence-corrected chi connectivity index (χ0v) is 18.6. The fourth-order valence-corrected chi connectivity index (χ4v) is 4.03. The fourth-order valence-electron chi connectivity index (χ4n) is 4.03. The summed E-state index contributed by atoms with van der Waals surface area (Å²) in [5.41, 5.74) is 3.28. The third-order valence-corrected chi connectivity index (χ3v) is 5.78. The lowest BCUT2D eigenvalue weighted by Crippen LogP contribution is -2.24. The molecule has 4 rings (SSSR count). The summed E-state index contributed by atoms with van der Waals surface area (Å²) in [6.45, 7) is 4.80. The Morgan fingerprint density at radius 3 is 2.61 bits per heavy atom. The van der Waals surface area contributed by atoms with Crippen molar-refractivity contribution in [2.75, 3.05) is 13.2 Å². The number of fused-ring (bicyclic) bond motifs is 1. The van der Waals surface area contributed by atoms with E-state index in [0.29, 0.717) is 35.6 Å². The summed E-state index contributed by atoms with van der Waals surface area (Å²) in [6.07, 6.45) is 0. The van der Waals surface area contributed by atoms with E-state index in [2.05, 4.69) is 42.6 Å². The number of carbonyl (C=O) groups is 1. The molecule has 1 unspecified atom stereocenters. The van der Waals surface area contributed by atoms with Gasteiger partial charge in [-0.2, -0.15) is 0 Å². The maximum atomic E-state index is 14.2. The molecule has 0 fully saturated rings. The van der Waals surface area contributed by atoms with Crippen LogP contribution in [0.25, 0.3) is 21.9 Å². The quantitative estimate of drug-likeness (QED) is 0.310. The van der Waals surface area contributed by atoms with Crippen LogP contribution in [-0.2, 0) is 0 Å². The van der Waals surface area contributed by atoms with Crippen molar-refractivity contribution in [3.63, 3.8) is 0 Å². The highest BCUT2D eigenvalue weighted by Crippen LogP contribution is 2.28. The standard InChI is InChI=1S/C28H26FNO3/c1-18-10-11-21(16-27(18)28(31)32)22-14-23(29)17-24(15-22)33-13-12-30-19(2)25-9-5-7-20-6-3-4-8-26(20)25/h3-11,14-17,19,30H,12-13H2,1-2H3,(H,31,32). The number of carboxylic acids is 1. The Bertz CT molecular complexity index is 1300. The van der Waals surface area contributed by atoms with Crippen LogP contribution in [0.15, 0.2) is 78.9 Å². The van der Waals surface area contributed by atoms with Gasteiger partial charge in [0.05, 0.1) is 5.56 Å². The van der Waals surface area contributed by atoms with Gasteiger partial charge in [0.2, 0.25) is 0 Å². The Labute approximate surface area is 192 Å². The third-order valence-electron chi connectivity index (χ3n) is 5.78. The van der Waals surface area contributed by atoms with E-state index in [-0.39, 0.29) is 11.6 Å². The van der Waals surface area contributed by atoms with Gasteiger partial charge < -0.3 is 15.2 Å². The number of nitrogens with one attached hydrogen (secondary N) is 1. The van der Waals surface area contributed by atoms with Gasteiger partial charge in [-0.05, 0) is 65.1 Å².